The highest BCUT2D eigenvalue weighted by Gasteiger charge is 2.46. The monoisotopic (exact) mass is 439 g/mol. The van der Waals surface area contributed by atoms with E-state index in [9.17, 15) is 9.90 Å². The number of H-pyrrole nitrogens is 1. The standard InChI is InChI=1S/C26H37N3O3/c1-17-21(18(2)29-28-17)14-24(31)27-16-26(19-8-6-5-7-9-19)12-10-20-22(30)15-25(3,4)32-23(20)11-13-26/h5-9,20,22-23,30H,10-16H2,1-4H3,(H,27,31)(H,28,29)/t20-,22+,23+,26+/m1/s1. The van der Waals surface area contributed by atoms with Crippen molar-refractivity contribution in [2.45, 2.75) is 89.4 Å². The number of hydrogen-bond acceptors (Lipinski definition) is 4. The van der Waals surface area contributed by atoms with Crippen molar-refractivity contribution in [1.82, 2.24) is 15.5 Å². The molecule has 32 heavy (non-hydrogen) atoms. The number of ether oxygens (including phenoxy) is 1. The van der Waals surface area contributed by atoms with Crippen LogP contribution in [0.5, 0.6) is 0 Å². The van der Waals surface area contributed by atoms with E-state index < -0.39 is 0 Å². The van der Waals surface area contributed by atoms with E-state index in [0.29, 0.717) is 19.4 Å². The Morgan fingerprint density at radius 1 is 1.22 bits per heavy atom. The normalized spacial score (nSPS) is 29.7. The van der Waals surface area contributed by atoms with Crippen LogP contribution in [0.25, 0.3) is 0 Å². The third-order valence-electron chi connectivity index (χ3n) is 7.63. The molecule has 1 saturated carbocycles. The molecule has 1 aromatic carbocycles. The number of nitrogens with one attached hydrogen (secondary N) is 2. The van der Waals surface area contributed by atoms with Gasteiger partial charge in [0, 0.05) is 35.6 Å². The summed E-state index contributed by atoms with van der Waals surface area (Å²) in [6.07, 6.45) is 4.35. The molecule has 2 aromatic rings. The highest BCUT2D eigenvalue weighted by molar-refractivity contribution is 5.79. The smallest absolute Gasteiger partial charge is 0.224 e. The van der Waals surface area contributed by atoms with Crippen LogP contribution in [0.4, 0.5) is 0 Å². The van der Waals surface area contributed by atoms with Crippen molar-refractivity contribution in [3.63, 3.8) is 0 Å². The fourth-order valence-corrected chi connectivity index (χ4v) is 5.77. The van der Waals surface area contributed by atoms with E-state index in [1.807, 2.05) is 19.9 Å². The number of aliphatic hydroxyl groups excluding tert-OH is 1. The van der Waals surface area contributed by atoms with E-state index in [1.54, 1.807) is 0 Å². The first-order valence-corrected chi connectivity index (χ1v) is 11.9. The van der Waals surface area contributed by atoms with Crippen molar-refractivity contribution < 1.29 is 14.6 Å². The molecule has 0 radical (unpaired) electrons. The first kappa shape index (κ1) is 23.0. The van der Waals surface area contributed by atoms with Crippen molar-refractivity contribution in [1.29, 1.82) is 0 Å². The van der Waals surface area contributed by atoms with Gasteiger partial charge in [0.15, 0.2) is 0 Å². The molecule has 174 valence electrons. The topological polar surface area (TPSA) is 87.2 Å². The van der Waals surface area contributed by atoms with E-state index >= 15 is 0 Å². The number of carbonyl (C=O) groups excluding carboxylic acids is 1. The van der Waals surface area contributed by atoms with Gasteiger partial charge in [-0.2, -0.15) is 5.10 Å². The van der Waals surface area contributed by atoms with Gasteiger partial charge in [-0.25, -0.2) is 0 Å². The molecule has 0 bridgehead atoms. The van der Waals surface area contributed by atoms with E-state index in [0.717, 1.165) is 42.6 Å². The summed E-state index contributed by atoms with van der Waals surface area (Å²) in [7, 11) is 0. The van der Waals surface area contributed by atoms with Crippen LogP contribution in [0.2, 0.25) is 0 Å². The van der Waals surface area contributed by atoms with Gasteiger partial charge in [0.25, 0.3) is 0 Å². The molecule has 1 aromatic heterocycles. The van der Waals surface area contributed by atoms with Gasteiger partial charge in [-0.1, -0.05) is 30.3 Å². The Balaban J connectivity index is 1.53. The Morgan fingerprint density at radius 3 is 2.62 bits per heavy atom. The van der Waals surface area contributed by atoms with Gasteiger partial charge >= 0.3 is 0 Å². The largest absolute Gasteiger partial charge is 0.393 e. The molecule has 4 rings (SSSR count). The highest BCUT2D eigenvalue weighted by atomic mass is 16.5. The molecular formula is C26H37N3O3. The van der Waals surface area contributed by atoms with Crippen molar-refractivity contribution in [2.24, 2.45) is 5.92 Å². The van der Waals surface area contributed by atoms with Crippen LogP contribution in [-0.4, -0.2) is 45.6 Å². The lowest BCUT2D eigenvalue weighted by Crippen LogP contribution is -2.48. The van der Waals surface area contributed by atoms with Crippen LogP contribution in [0.3, 0.4) is 0 Å². The summed E-state index contributed by atoms with van der Waals surface area (Å²) in [4.78, 5) is 12.9. The van der Waals surface area contributed by atoms with E-state index in [4.69, 9.17) is 4.74 Å². The maximum absolute atomic E-state index is 12.9. The molecule has 2 aliphatic rings. The first-order valence-electron chi connectivity index (χ1n) is 11.9. The number of nitrogens with zero attached hydrogens (tertiary/aromatic N) is 1. The van der Waals surface area contributed by atoms with Gasteiger partial charge < -0.3 is 15.2 Å². The SMILES string of the molecule is Cc1n[nH]c(C)c1CC(=O)NC[C@]1(c2ccccc2)CC[C@H]2[C@H](CC1)OC(C)(C)C[C@@H]2O. The van der Waals surface area contributed by atoms with Crippen LogP contribution < -0.4 is 5.32 Å². The first-order chi connectivity index (χ1) is 15.2. The second kappa shape index (κ2) is 8.99. The second-order valence-electron chi connectivity index (χ2n) is 10.4. The fourth-order valence-electron chi connectivity index (χ4n) is 5.77. The molecule has 6 heteroatoms. The van der Waals surface area contributed by atoms with Gasteiger partial charge in [-0.05, 0) is 58.9 Å². The molecule has 4 atom stereocenters. The maximum Gasteiger partial charge on any atom is 0.224 e. The number of hydrogen-bond donors (Lipinski definition) is 3. The predicted octanol–water partition coefficient (Wildman–Crippen LogP) is 3.74. The van der Waals surface area contributed by atoms with Crippen LogP contribution >= 0.6 is 0 Å². The Hall–Kier alpha value is -2.18. The summed E-state index contributed by atoms with van der Waals surface area (Å²) in [5.74, 6) is 0.174. The summed E-state index contributed by atoms with van der Waals surface area (Å²) in [5.41, 5.74) is 3.59. The number of carbonyl (C=O) groups is 1. The molecule has 0 unspecified atom stereocenters. The summed E-state index contributed by atoms with van der Waals surface area (Å²) < 4.78 is 6.42. The molecule has 1 amide bonds. The number of amides is 1. The molecule has 6 nitrogen and oxygen atoms in total. The predicted molar refractivity (Wildman–Crippen MR) is 124 cm³/mol. The van der Waals surface area contributed by atoms with Gasteiger partial charge in [-0.3, -0.25) is 9.89 Å². The average molecular weight is 440 g/mol. The molecule has 1 saturated heterocycles. The third kappa shape index (κ3) is 4.76. The van der Waals surface area contributed by atoms with Gasteiger partial charge in [0.1, 0.15) is 0 Å². The van der Waals surface area contributed by atoms with Crippen LogP contribution in [0, 0.1) is 19.8 Å². The quantitative estimate of drug-likeness (QED) is 0.662. The zero-order valence-corrected chi connectivity index (χ0v) is 19.8. The van der Waals surface area contributed by atoms with Gasteiger partial charge in [-0.15, -0.1) is 0 Å². The summed E-state index contributed by atoms with van der Waals surface area (Å²) in [6.45, 7) is 8.61. The van der Waals surface area contributed by atoms with E-state index in [1.165, 1.54) is 5.56 Å². The third-order valence-corrected chi connectivity index (χ3v) is 7.63. The molecule has 0 spiro atoms. The number of rotatable bonds is 5. The minimum Gasteiger partial charge on any atom is -0.393 e. The van der Waals surface area contributed by atoms with Crippen LogP contribution in [-0.2, 0) is 21.4 Å². The molecule has 3 N–H and O–H groups in total. The van der Waals surface area contributed by atoms with E-state index in [-0.39, 0.29) is 35.0 Å². The zero-order chi connectivity index (χ0) is 22.9. The molecule has 1 aliphatic carbocycles. The number of aromatic nitrogens is 2. The average Bonchev–Trinajstić information content (AvgIpc) is 2.95. The lowest BCUT2D eigenvalue weighted by Gasteiger charge is -2.43. The molecular weight excluding hydrogens is 402 g/mol. The lowest BCUT2D eigenvalue weighted by atomic mass is 9.73. The second-order valence-corrected chi connectivity index (χ2v) is 10.4. The molecule has 2 heterocycles. The Bertz CT molecular complexity index is 920. The van der Waals surface area contributed by atoms with Crippen LogP contribution in [0.15, 0.2) is 30.3 Å². The van der Waals surface area contributed by atoms with Crippen molar-refractivity contribution in [3.05, 3.63) is 52.8 Å². The van der Waals surface area contributed by atoms with Gasteiger partial charge in [0.05, 0.1) is 29.9 Å². The minimum absolute atomic E-state index is 0.0204. The molecule has 2 fully saturated rings. The zero-order valence-electron chi connectivity index (χ0n) is 19.8. The minimum atomic E-state index is -0.336. The van der Waals surface area contributed by atoms with Crippen molar-refractivity contribution in [3.8, 4) is 0 Å². The number of benzene rings is 1. The Kier molecular flexibility index (Phi) is 6.46. The van der Waals surface area contributed by atoms with Gasteiger partial charge in [0.2, 0.25) is 5.91 Å². The summed E-state index contributed by atoms with van der Waals surface area (Å²) in [5, 5.41) is 21.3. The van der Waals surface area contributed by atoms with Crippen molar-refractivity contribution in [2.75, 3.05) is 6.54 Å². The fraction of sp³-hybridized carbons (Fsp3) is 0.615. The Labute approximate surface area is 191 Å². The Morgan fingerprint density at radius 2 is 1.94 bits per heavy atom. The lowest BCUT2D eigenvalue weighted by molar-refractivity contribution is -0.178. The molecule has 1 aliphatic heterocycles. The highest BCUT2D eigenvalue weighted by Crippen LogP contribution is 2.45. The van der Waals surface area contributed by atoms with E-state index in [2.05, 4.69) is 53.6 Å². The van der Waals surface area contributed by atoms with Crippen molar-refractivity contribution >= 4 is 5.91 Å². The number of aryl methyl sites for hydroxylation is 2. The number of aliphatic hydroxyl groups is 1. The number of fused-ring (bicyclic) bond motifs is 1. The number of aromatic amines is 1. The maximum atomic E-state index is 12.9. The summed E-state index contributed by atoms with van der Waals surface area (Å²) >= 11 is 0. The van der Waals surface area contributed by atoms with Crippen LogP contribution in [0.1, 0.15) is 68.5 Å². The summed E-state index contributed by atoms with van der Waals surface area (Å²) in [6, 6.07) is 10.5.